The summed E-state index contributed by atoms with van der Waals surface area (Å²) in [6.45, 7) is 13.5. The highest BCUT2D eigenvalue weighted by Gasteiger charge is 2.38. The van der Waals surface area contributed by atoms with Gasteiger partial charge in [0, 0.05) is 39.2 Å². The highest BCUT2D eigenvalue weighted by Crippen LogP contribution is 2.51. The van der Waals surface area contributed by atoms with Crippen LogP contribution in [0, 0.1) is 5.92 Å². The molecule has 3 aliphatic rings. The average Bonchev–Trinajstić information content (AvgIpc) is 3.84. The van der Waals surface area contributed by atoms with Gasteiger partial charge in [-0.2, -0.15) is 0 Å². The first-order valence-electron chi connectivity index (χ1n) is 24.5. The second-order valence-corrected chi connectivity index (χ2v) is 20.1. The number of allylic oxidation sites excluding steroid dienone is 6. The Kier molecular flexibility index (Phi) is 10.3. The number of aromatic nitrogens is 1. The molecule has 0 amide bonds. The van der Waals surface area contributed by atoms with Crippen molar-refractivity contribution in [2.45, 2.75) is 51.0 Å². The maximum Gasteiger partial charge on any atom is 0.0643 e. The molecular formula is C67H56N2. The van der Waals surface area contributed by atoms with E-state index < -0.39 is 0 Å². The molecule has 3 unspecified atom stereocenters. The van der Waals surface area contributed by atoms with Crippen LogP contribution in [0.3, 0.4) is 0 Å². The van der Waals surface area contributed by atoms with Gasteiger partial charge in [-0.05, 0) is 147 Å². The molecule has 0 radical (unpaired) electrons. The van der Waals surface area contributed by atoms with Gasteiger partial charge in [0.15, 0.2) is 0 Å². The van der Waals surface area contributed by atoms with Crippen molar-refractivity contribution in [2.24, 2.45) is 5.92 Å². The predicted octanol–water partition coefficient (Wildman–Crippen LogP) is 17.7. The van der Waals surface area contributed by atoms with Gasteiger partial charge in [0.25, 0.3) is 0 Å². The van der Waals surface area contributed by atoms with Gasteiger partial charge in [-0.3, -0.25) is 0 Å². The molecule has 334 valence electrons. The Morgan fingerprint density at radius 2 is 1.20 bits per heavy atom. The van der Waals surface area contributed by atoms with Crippen LogP contribution in [0.1, 0.15) is 73.4 Å². The first-order chi connectivity index (χ1) is 33.7. The molecule has 0 N–H and O–H groups in total. The summed E-state index contributed by atoms with van der Waals surface area (Å²) in [5, 5.41) is 2.50. The lowest BCUT2D eigenvalue weighted by atomic mass is 9.80. The molecule has 0 spiro atoms. The third-order valence-corrected chi connectivity index (χ3v) is 15.4. The Labute approximate surface area is 407 Å². The van der Waals surface area contributed by atoms with Crippen LogP contribution in [0.2, 0.25) is 0 Å². The number of rotatable bonds is 9. The highest BCUT2D eigenvalue weighted by atomic mass is 15.2. The molecule has 2 heteroatoms. The van der Waals surface area contributed by atoms with Crippen molar-refractivity contribution in [1.82, 2.24) is 4.57 Å². The smallest absolute Gasteiger partial charge is 0.0643 e. The number of para-hydroxylation sites is 1. The number of anilines is 2. The zero-order valence-corrected chi connectivity index (χ0v) is 39.9. The van der Waals surface area contributed by atoms with E-state index in [1.807, 2.05) is 6.08 Å². The Hall–Kier alpha value is -7.94. The van der Waals surface area contributed by atoms with E-state index in [4.69, 9.17) is 0 Å². The van der Waals surface area contributed by atoms with E-state index in [1.165, 1.54) is 94.4 Å². The van der Waals surface area contributed by atoms with Gasteiger partial charge >= 0.3 is 0 Å². The Morgan fingerprint density at radius 3 is 1.90 bits per heavy atom. The van der Waals surface area contributed by atoms with Crippen molar-refractivity contribution in [3.8, 4) is 27.9 Å². The zero-order chi connectivity index (χ0) is 46.9. The molecule has 0 saturated heterocycles. The topological polar surface area (TPSA) is 8.17 Å². The first-order valence-corrected chi connectivity index (χ1v) is 24.5. The van der Waals surface area contributed by atoms with E-state index in [-0.39, 0.29) is 16.9 Å². The molecule has 0 saturated carbocycles. The molecule has 8 aromatic carbocycles. The molecule has 0 bridgehead atoms. The molecule has 3 aliphatic carbocycles. The molecule has 1 heterocycles. The lowest BCUT2D eigenvalue weighted by molar-refractivity contribution is 0.570. The summed E-state index contributed by atoms with van der Waals surface area (Å²) < 4.78 is 2.40. The van der Waals surface area contributed by atoms with Gasteiger partial charge in [-0.1, -0.05) is 197 Å². The Morgan fingerprint density at radius 1 is 0.565 bits per heavy atom. The zero-order valence-electron chi connectivity index (χ0n) is 39.9. The van der Waals surface area contributed by atoms with Crippen LogP contribution < -0.4 is 4.90 Å². The van der Waals surface area contributed by atoms with Crippen LogP contribution in [0.4, 0.5) is 11.4 Å². The molecule has 1 aromatic heterocycles. The summed E-state index contributed by atoms with van der Waals surface area (Å²) in [7, 11) is 0. The quantitative estimate of drug-likeness (QED) is 0.140. The van der Waals surface area contributed by atoms with Gasteiger partial charge in [0.2, 0.25) is 0 Å². The van der Waals surface area contributed by atoms with Crippen molar-refractivity contribution >= 4 is 50.4 Å². The fourth-order valence-corrected chi connectivity index (χ4v) is 11.6. The molecular weight excluding hydrogens is 833 g/mol. The lowest BCUT2D eigenvalue weighted by Crippen LogP contribution is -2.42. The summed E-state index contributed by atoms with van der Waals surface area (Å²) in [4.78, 5) is 2.58. The van der Waals surface area contributed by atoms with Gasteiger partial charge in [0.1, 0.15) is 0 Å². The lowest BCUT2D eigenvalue weighted by Gasteiger charge is -2.43. The van der Waals surface area contributed by atoms with Crippen molar-refractivity contribution < 1.29 is 0 Å². The minimum atomic E-state index is -0.285. The van der Waals surface area contributed by atoms with E-state index in [0.717, 1.165) is 17.7 Å². The van der Waals surface area contributed by atoms with Crippen molar-refractivity contribution in [1.29, 1.82) is 0 Å². The largest absolute Gasteiger partial charge is 0.332 e. The summed E-state index contributed by atoms with van der Waals surface area (Å²) in [6.07, 6.45) is 17.2. The van der Waals surface area contributed by atoms with Crippen LogP contribution in [0.5, 0.6) is 0 Å². The SMILES string of the molecule is C=Cc1ccc(-c2ccc3c(c2)c2cc(C4=CC(C)C(c5ccc(N(c6ccc7c(c6)C(C)(C)c6ccccc6-7)C6(C)C=CC(c7ccccc7)=CC6)cc5)C=C4)ccc2n3-c2ccccc2)cc1. The maximum absolute atomic E-state index is 3.95. The van der Waals surface area contributed by atoms with Gasteiger partial charge in [-0.25, -0.2) is 0 Å². The van der Waals surface area contributed by atoms with Crippen LogP contribution >= 0.6 is 0 Å². The van der Waals surface area contributed by atoms with E-state index in [9.17, 15) is 0 Å². The summed E-state index contributed by atoms with van der Waals surface area (Å²) in [6, 6.07) is 69.6. The second kappa shape index (κ2) is 16.7. The van der Waals surface area contributed by atoms with Crippen molar-refractivity contribution in [3.63, 3.8) is 0 Å². The number of hydrogen-bond donors (Lipinski definition) is 0. The monoisotopic (exact) mass is 888 g/mol. The maximum atomic E-state index is 3.95. The number of hydrogen-bond acceptors (Lipinski definition) is 1. The molecule has 69 heavy (non-hydrogen) atoms. The number of nitrogens with zero attached hydrogens (tertiary/aromatic N) is 2. The Bertz CT molecular complexity index is 3580. The average molecular weight is 889 g/mol. The first kappa shape index (κ1) is 42.4. The van der Waals surface area contributed by atoms with Gasteiger partial charge in [-0.15, -0.1) is 0 Å². The third kappa shape index (κ3) is 7.25. The van der Waals surface area contributed by atoms with Crippen LogP contribution in [-0.2, 0) is 5.41 Å². The van der Waals surface area contributed by atoms with Crippen LogP contribution in [0.25, 0.3) is 67.0 Å². The third-order valence-electron chi connectivity index (χ3n) is 15.4. The van der Waals surface area contributed by atoms with Crippen molar-refractivity contribution in [2.75, 3.05) is 4.90 Å². The van der Waals surface area contributed by atoms with E-state index >= 15 is 0 Å². The van der Waals surface area contributed by atoms with Crippen LogP contribution in [0.15, 0.2) is 231 Å². The van der Waals surface area contributed by atoms with E-state index in [2.05, 4.69) is 268 Å². The second-order valence-electron chi connectivity index (χ2n) is 20.1. The highest BCUT2D eigenvalue weighted by molar-refractivity contribution is 6.11. The molecule has 0 fully saturated rings. The fourth-order valence-electron chi connectivity index (χ4n) is 11.6. The summed E-state index contributed by atoms with van der Waals surface area (Å²) in [5.74, 6) is 0.565. The van der Waals surface area contributed by atoms with Gasteiger partial charge < -0.3 is 9.47 Å². The van der Waals surface area contributed by atoms with E-state index in [1.54, 1.807) is 0 Å². The molecule has 9 aromatic rings. The molecule has 2 nitrogen and oxygen atoms in total. The molecule has 12 rings (SSSR count). The van der Waals surface area contributed by atoms with E-state index in [0.29, 0.717) is 5.92 Å². The number of fused-ring (bicyclic) bond motifs is 6. The van der Waals surface area contributed by atoms with Gasteiger partial charge in [0.05, 0.1) is 16.6 Å². The standard InChI is InChI=1S/C67H56N2/c1-6-46-21-23-48(24-22-46)52-28-35-64-60(42-52)61-43-53(29-36-65(61)68(64)54-17-11-8-12-18-54)51-27-33-57(45(2)41-51)50-25-30-55(31-26-50)69(67(5)39-37-49(38-40-67)47-15-9-7-10-16-47)56-32-34-59-58-19-13-14-20-62(58)66(3,4)63(59)44-56/h6-39,41-45,57H,1,40H2,2-5H3. The molecule has 3 atom stereocenters. The normalized spacial score (nSPS) is 19.0. The number of benzene rings is 8. The molecule has 0 aliphatic heterocycles. The van der Waals surface area contributed by atoms with Crippen LogP contribution in [-0.4, -0.2) is 10.1 Å². The minimum Gasteiger partial charge on any atom is -0.332 e. The minimum absolute atomic E-state index is 0.0911. The fraction of sp³-hybridized carbons (Fsp3) is 0.134. The summed E-state index contributed by atoms with van der Waals surface area (Å²) in [5.41, 5.74) is 21.0. The predicted molar refractivity (Wildman–Crippen MR) is 294 cm³/mol. The van der Waals surface area contributed by atoms with Crippen molar-refractivity contribution in [3.05, 3.63) is 264 Å². The summed E-state index contributed by atoms with van der Waals surface area (Å²) >= 11 is 0. The Balaban J connectivity index is 0.871.